The molecule has 0 spiro atoms. The van der Waals surface area contributed by atoms with Crippen molar-refractivity contribution in [2.45, 2.75) is 32.6 Å². The molecule has 1 saturated heterocycles. The zero-order valence-corrected chi connectivity index (χ0v) is 14.3. The molecular formula is C21H21NO3. The molecule has 25 heavy (non-hydrogen) atoms. The third kappa shape index (κ3) is 2.93. The Morgan fingerprint density at radius 1 is 0.800 bits per heavy atom. The van der Waals surface area contributed by atoms with Crippen LogP contribution in [0.4, 0.5) is 5.69 Å². The fourth-order valence-corrected chi connectivity index (χ4v) is 3.82. The average Bonchev–Trinajstić information content (AvgIpc) is 2.89. The van der Waals surface area contributed by atoms with Gasteiger partial charge in [-0.3, -0.25) is 14.5 Å². The van der Waals surface area contributed by atoms with Gasteiger partial charge in [0.1, 0.15) is 11.5 Å². The van der Waals surface area contributed by atoms with Crippen LogP contribution < -0.4 is 9.64 Å². The Morgan fingerprint density at radius 2 is 1.28 bits per heavy atom. The van der Waals surface area contributed by atoms with E-state index >= 15 is 0 Å². The second-order valence-corrected chi connectivity index (χ2v) is 6.92. The van der Waals surface area contributed by atoms with Crippen LogP contribution in [0.2, 0.25) is 0 Å². The molecule has 4 nitrogen and oxygen atoms in total. The van der Waals surface area contributed by atoms with Crippen LogP contribution in [-0.4, -0.2) is 11.8 Å². The van der Waals surface area contributed by atoms with Gasteiger partial charge in [0, 0.05) is 0 Å². The van der Waals surface area contributed by atoms with Crippen LogP contribution in [0.15, 0.2) is 48.5 Å². The number of nitrogens with zero attached hydrogens (tertiary/aromatic N) is 1. The van der Waals surface area contributed by atoms with Gasteiger partial charge in [-0.2, -0.15) is 0 Å². The standard InChI is InChI=1S/C21H21NO3/c1-14-6-10-16(11-7-14)25-17-12-8-15(9-13-17)22-20(23)18-4-2-3-5-19(18)21(22)24/h6-13,18-19H,2-5H2,1H3/t18-,19-/m0/s1. The highest BCUT2D eigenvalue weighted by molar-refractivity contribution is 6.22. The van der Waals surface area contributed by atoms with Crippen LogP contribution in [0.5, 0.6) is 11.5 Å². The lowest BCUT2D eigenvalue weighted by atomic mass is 9.81. The molecule has 2 aliphatic rings. The summed E-state index contributed by atoms with van der Waals surface area (Å²) in [5, 5.41) is 0. The quantitative estimate of drug-likeness (QED) is 0.778. The van der Waals surface area contributed by atoms with Crippen molar-refractivity contribution in [2.24, 2.45) is 11.8 Å². The van der Waals surface area contributed by atoms with Crippen molar-refractivity contribution in [1.29, 1.82) is 0 Å². The van der Waals surface area contributed by atoms with Crippen LogP contribution in [-0.2, 0) is 9.59 Å². The van der Waals surface area contributed by atoms with Gasteiger partial charge in [0.05, 0.1) is 17.5 Å². The highest BCUT2D eigenvalue weighted by atomic mass is 16.5. The van der Waals surface area contributed by atoms with E-state index in [0.29, 0.717) is 11.4 Å². The van der Waals surface area contributed by atoms with Gasteiger partial charge in [-0.05, 0) is 56.2 Å². The predicted octanol–water partition coefficient (Wildman–Crippen LogP) is 4.47. The molecule has 4 rings (SSSR count). The number of imide groups is 1. The molecule has 128 valence electrons. The smallest absolute Gasteiger partial charge is 0.237 e. The lowest BCUT2D eigenvalue weighted by molar-refractivity contribution is -0.122. The van der Waals surface area contributed by atoms with Gasteiger partial charge in [0.15, 0.2) is 0 Å². The summed E-state index contributed by atoms with van der Waals surface area (Å²) in [7, 11) is 0. The van der Waals surface area contributed by atoms with Crippen LogP contribution in [0.25, 0.3) is 0 Å². The number of carbonyl (C=O) groups is 2. The normalized spacial score (nSPS) is 22.8. The molecule has 0 unspecified atom stereocenters. The number of fused-ring (bicyclic) bond motifs is 1. The Labute approximate surface area is 147 Å². The van der Waals surface area contributed by atoms with Crippen LogP contribution in [0, 0.1) is 18.8 Å². The Hall–Kier alpha value is -2.62. The Morgan fingerprint density at radius 3 is 1.80 bits per heavy atom. The van der Waals surface area contributed by atoms with Crippen molar-refractivity contribution in [3.63, 3.8) is 0 Å². The lowest BCUT2D eigenvalue weighted by Gasteiger charge is -2.19. The highest BCUT2D eigenvalue weighted by Crippen LogP contribution is 2.40. The topological polar surface area (TPSA) is 46.6 Å². The van der Waals surface area contributed by atoms with E-state index in [1.54, 1.807) is 24.3 Å². The monoisotopic (exact) mass is 335 g/mol. The van der Waals surface area contributed by atoms with Gasteiger partial charge in [-0.15, -0.1) is 0 Å². The molecular weight excluding hydrogens is 314 g/mol. The van der Waals surface area contributed by atoms with Crippen molar-refractivity contribution < 1.29 is 14.3 Å². The minimum atomic E-state index is -0.121. The first-order valence-electron chi connectivity index (χ1n) is 8.86. The second kappa shape index (κ2) is 6.36. The summed E-state index contributed by atoms with van der Waals surface area (Å²) in [5.74, 6) is 1.13. The molecule has 2 aromatic rings. The molecule has 1 saturated carbocycles. The number of aryl methyl sites for hydroxylation is 1. The fraction of sp³-hybridized carbons (Fsp3) is 0.333. The summed E-state index contributed by atoms with van der Waals surface area (Å²) in [6.45, 7) is 2.03. The summed E-state index contributed by atoms with van der Waals surface area (Å²) < 4.78 is 5.81. The largest absolute Gasteiger partial charge is 0.457 e. The highest BCUT2D eigenvalue weighted by Gasteiger charge is 2.48. The Bertz CT molecular complexity index is 771. The number of hydrogen-bond donors (Lipinski definition) is 0. The van der Waals surface area contributed by atoms with Crippen LogP contribution >= 0.6 is 0 Å². The van der Waals surface area contributed by atoms with Crippen molar-refractivity contribution >= 4 is 17.5 Å². The van der Waals surface area contributed by atoms with Crippen molar-refractivity contribution in [3.05, 3.63) is 54.1 Å². The Kier molecular flexibility index (Phi) is 4.04. The van der Waals surface area contributed by atoms with Gasteiger partial charge in [-0.25, -0.2) is 0 Å². The summed E-state index contributed by atoms with van der Waals surface area (Å²) >= 11 is 0. The molecule has 0 bridgehead atoms. The number of benzene rings is 2. The van der Waals surface area contributed by atoms with Crippen LogP contribution in [0.1, 0.15) is 31.2 Å². The van der Waals surface area contributed by atoms with E-state index in [4.69, 9.17) is 4.74 Å². The summed E-state index contributed by atoms with van der Waals surface area (Å²) in [6.07, 6.45) is 3.75. The third-order valence-electron chi connectivity index (χ3n) is 5.19. The van der Waals surface area contributed by atoms with Gasteiger partial charge >= 0.3 is 0 Å². The molecule has 2 atom stereocenters. The summed E-state index contributed by atoms with van der Waals surface area (Å²) in [5.41, 5.74) is 1.82. The molecule has 1 heterocycles. The second-order valence-electron chi connectivity index (χ2n) is 6.92. The van der Waals surface area contributed by atoms with E-state index in [1.807, 2.05) is 31.2 Å². The zero-order valence-electron chi connectivity index (χ0n) is 14.3. The molecule has 0 aromatic heterocycles. The molecule has 0 radical (unpaired) electrons. The fourth-order valence-electron chi connectivity index (χ4n) is 3.82. The maximum Gasteiger partial charge on any atom is 0.237 e. The van der Waals surface area contributed by atoms with E-state index in [0.717, 1.165) is 31.4 Å². The molecule has 4 heteroatoms. The molecule has 2 amide bonds. The van der Waals surface area contributed by atoms with Gasteiger partial charge in [0.25, 0.3) is 0 Å². The number of ether oxygens (including phenoxy) is 1. The van der Waals surface area contributed by atoms with Gasteiger partial charge < -0.3 is 4.74 Å². The number of hydrogen-bond acceptors (Lipinski definition) is 3. The van der Waals surface area contributed by atoms with E-state index in [2.05, 4.69) is 0 Å². The summed E-state index contributed by atoms with van der Waals surface area (Å²) in [4.78, 5) is 26.6. The Balaban J connectivity index is 1.53. The van der Waals surface area contributed by atoms with E-state index < -0.39 is 0 Å². The van der Waals surface area contributed by atoms with Crippen LogP contribution in [0.3, 0.4) is 0 Å². The van der Waals surface area contributed by atoms with Gasteiger partial charge in [-0.1, -0.05) is 30.5 Å². The first kappa shape index (κ1) is 15.9. The van der Waals surface area contributed by atoms with E-state index in [-0.39, 0.29) is 23.7 Å². The number of amides is 2. The van der Waals surface area contributed by atoms with Gasteiger partial charge in [0.2, 0.25) is 11.8 Å². The number of rotatable bonds is 3. The average molecular weight is 335 g/mol. The molecule has 2 fully saturated rings. The van der Waals surface area contributed by atoms with E-state index in [9.17, 15) is 9.59 Å². The maximum atomic E-state index is 12.6. The summed E-state index contributed by atoms with van der Waals surface area (Å²) in [6, 6.07) is 15.0. The maximum absolute atomic E-state index is 12.6. The number of carbonyl (C=O) groups excluding carboxylic acids is 2. The number of anilines is 1. The molecule has 1 aliphatic heterocycles. The SMILES string of the molecule is Cc1ccc(Oc2ccc(N3C(=O)[C@H]4CCCC[C@@H]4C3=O)cc2)cc1. The predicted molar refractivity (Wildman–Crippen MR) is 95.6 cm³/mol. The zero-order chi connectivity index (χ0) is 17.4. The first-order chi connectivity index (χ1) is 12.1. The molecule has 2 aromatic carbocycles. The van der Waals surface area contributed by atoms with Crippen molar-refractivity contribution in [2.75, 3.05) is 4.90 Å². The minimum absolute atomic E-state index is 0.0399. The first-order valence-corrected chi connectivity index (χ1v) is 8.86. The van der Waals surface area contributed by atoms with Crippen molar-refractivity contribution in [3.8, 4) is 11.5 Å². The molecule has 0 N–H and O–H groups in total. The minimum Gasteiger partial charge on any atom is -0.457 e. The third-order valence-corrected chi connectivity index (χ3v) is 5.19. The van der Waals surface area contributed by atoms with Crippen molar-refractivity contribution in [1.82, 2.24) is 0 Å². The molecule has 1 aliphatic carbocycles. The van der Waals surface area contributed by atoms with E-state index in [1.165, 1.54) is 10.5 Å². The lowest BCUT2D eigenvalue weighted by Crippen LogP contribution is -2.30.